The highest BCUT2D eigenvalue weighted by molar-refractivity contribution is 5.82. The maximum Gasteiger partial charge on any atom is 0.239 e. The van der Waals surface area contributed by atoms with Crippen LogP contribution in [0.4, 0.5) is 0 Å². The van der Waals surface area contributed by atoms with Crippen molar-refractivity contribution in [3.05, 3.63) is 35.4 Å². The van der Waals surface area contributed by atoms with Crippen LogP contribution >= 0.6 is 0 Å². The number of hydrogen-bond donors (Lipinski definition) is 1. The molecule has 1 aliphatic rings. The van der Waals surface area contributed by atoms with Crippen LogP contribution in [0.25, 0.3) is 0 Å². The van der Waals surface area contributed by atoms with Gasteiger partial charge in [0.15, 0.2) is 0 Å². The SMILES string of the molecule is CC[C@H](N)C(=O)N1CCCC1c1ccccc1C. The molecule has 0 aliphatic carbocycles. The molecule has 1 fully saturated rings. The molecule has 1 unspecified atom stereocenters. The lowest BCUT2D eigenvalue weighted by Crippen LogP contribution is -2.43. The second kappa shape index (κ2) is 5.53. The van der Waals surface area contributed by atoms with Gasteiger partial charge >= 0.3 is 0 Å². The van der Waals surface area contributed by atoms with Crippen LogP contribution in [0.15, 0.2) is 24.3 Å². The molecule has 0 aromatic heterocycles. The lowest BCUT2D eigenvalue weighted by Gasteiger charge is -2.28. The molecule has 1 saturated heterocycles. The molecule has 2 rings (SSSR count). The minimum Gasteiger partial charge on any atom is -0.334 e. The summed E-state index contributed by atoms with van der Waals surface area (Å²) in [6.45, 7) is 4.91. The van der Waals surface area contributed by atoms with Crippen LogP contribution in [-0.2, 0) is 4.79 Å². The highest BCUT2D eigenvalue weighted by Gasteiger charge is 2.32. The fraction of sp³-hybridized carbons (Fsp3) is 0.533. The average Bonchev–Trinajstić information content (AvgIpc) is 2.86. The van der Waals surface area contributed by atoms with Gasteiger partial charge in [-0.25, -0.2) is 0 Å². The number of benzene rings is 1. The van der Waals surface area contributed by atoms with E-state index in [0.29, 0.717) is 6.42 Å². The van der Waals surface area contributed by atoms with Gasteiger partial charge in [0.25, 0.3) is 0 Å². The second-order valence-corrected chi connectivity index (χ2v) is 5.06. The molecule has 0 saturated carbocycles. The molecule has 2 atom stereocenters. The third-order valence-electron chi connectivity index (χ3n) is 3.84. The van der Waals surface area contributed by atoms with E-state index in [0.717, 1.165) is 19.4 Å². The molecule has 3 heteroatoms. The van der Waals surface area contributed by atoms with Crippen LogP contribution in [0.3, 0.4) is 0 Å². The summed E-state index contributed by atoms with van der Waals surface area (Å²) >= 11 is 0. The molecule has 1 aromatic carbocycles. The van der Waals surface area contributed by atoms with Crippen LogP contribution in [-0.4, -0.2) is 23.4 Å². The van der Waals surface area contributed by atoms with Gasteiger partial charge in [0, 0.05) is 6.54 Å². The molecule has 0 radical (unpaired) electrons. The molecule has 3 nitrogen and oxygen atoms in total. The van der Waals surface area contributed by atoms with E-state index in [-0.39, 0.29) is 18.0 Å². The Balaban J connectivity index is 2.23. The number of carbonyl (C=O) groups excluding carboxylic acids is 1. The van der Waals surface area contributed by atoms with Crippen molar-refractivity contribution in [1.29, 1.82) is 0 Å². The zero-order valence-electron chi connectivity index (χ0n) is 11.2. The topological polar surface area (TPSA) is 46.3 Å². The van der Waals surface area contributed by atoms with Crippen LogP contribution in [0.1, 0.15) is 43.4 Å². The Morgan fingerprint density at radius 1 is 1.50 bits per heavy atom. The van der Waals surface area contributed by atoms with Crippen molar-refractivity contribution in [2.24, 2.45) is 5.73 Å². The van der Waals surface area contributed by atoms with E-state index in [4.69, 9.17) is 5.73 Å². The molecule has 1 amide bonds. The maximum absolute atomic E-state index is 12.3. The minimum atomic E-state index is -0.352. The molecular formula is C15H22N2O. The summed E-state index contributed by atoms with van der Waals surface area (Å²) in [5.41, 5.74) is 8.41. The quantitative estimate of drug-likeness (QED) is 0.890. The molecule has 0 spiro atoms. The molecule has 1 heterocycles. The first-order valence-corrected chi connectivity index (χ1v) is 6.76. The zero-order valence-corrected chi connectivity index (χ0v) is 11.2. The van der Waals surface area contributed by atoms with Crippen molar-refractivity contribution in [3.8, 4) is 0 Å². The number of nitrogens with zero attached hydrogens (tertiary/aromatic N) is 1. The average molecular weight is 246 g/mol. The third-order valence-corrected chi connectivity index (χ3v) is 3.84. The van der Waals surface area contributed by atoms with Crippen molar-refractivity contribution in [2.75, 3.05) is 6.54 Å². The Morgan fingerprint density at radius 3 is 2.89 bits per heavy atom. The van der Waals surface area contributed by atoms with Crippen LogP contribution in [0.2, 0.25) is 0 Å². The van der Waals surface area contributed by atoms with Gasteiger partial charge in [0.05, 0.1) is 12.1 Å². The Morgan fingerprint density at radius 2 is 2.22 bits per heavy atom. The van der Waals surface area contributed by atoms with E-state index >= 15 is 0 Å². The monoisotopic (exact) mass is 246 g/mol. The summed E-state index contributed by atoms with van der Waals surface area (Å²) in [6, 6.07) is 8.19. The fourth-order valence-electron chi connectivity index (χ4n) is 2.70. The summed E-state index contributed by atoms with van der Waals surface area (Å²) in [7, 11) is 0. The van der Waals surface area contributed by atoms with Crippen LogP contribution in [0, 0.1) is 6.92 Å². The maximum atomic E-state index is 12.3. The molecule has 2 N–H and O–H groups in total. The predicted molar refractivity (Wildman–Crippen MR) is 73.1 cm³/mol. The lowest BCUT2D eigenvalue weighted by molar-refractivity contribution is -0.133. The number of rotatable bonds is 3. The van der Waals surface area contributed by atoms with Gasteiger partial charge in [-0.15, -0.1) is 0 Å². The van der Waals surface area contributed by atoms with Gasteiger partial charge in [-0.1, -0.05) is 31.2 Å². The molecular weight excluding hydrogens is 224 g/mol. The molecule has 98 valence electrons. The first kappa shape index (κ1) is 13.1. The second-order valence-electron chi connectivity index (χ2n) is 5.06. The van der Waals surface area contributed by atoms with Crippen LogP contribution < -0.4 is 5.73 Å². The van der Waals surface area contributed by atoms with Crippen molar-refractivity contribution >= 4 is 5.91 Å². The van der Waals surface area contributed by atoms with Gasteiger partial charge in [-0.05, 0) is 37.3 Å². The minimum absolute atomic E-state index is 0.100. The number of amides is 1. The van der Waals surface area contributed by atoms with Gasteiger partial charge < -0.3 is 10.6 Å². The van der Waals surface area contributed by atoms with E-state index in [9.17, 15) is 4.79 Å². The third kappa shape index (κ3) is 2.41. The van der Waals surface area contributed by atoms with Crippen LogP contribution in [0.5, 0.6) is 0 Å². The first-order chi connectivity index (χ1) is 8.65. The number of hydrogen-bond acceptors (Lipinski definition) is 2. The highest BCUT2D eigenvalue weighted by Crippen LogP contribution is 2.33. The van der Waals surface area contributed by atoms with Crippen molar-refractivity contribution < 1.29 is 4.79 Å². The summed E-state index contributed by atoms with van der Waals surface area (Å²) in [4.78, 5) is 14.2. The molecule has 0 bridgehead atoms. The van der Waals surface area contributed by atoms with Gasteiger partial charge in [0.2, 0.25) is 5.91 Å². The lowest BCUT2D eigenvalue weighted by atomic mass is 9.99. The Hall–Kier alpha value is -1.35. The Bertz CT molecular complexity index is 430. The molecule has 1 aliphatic heterocycles. The van der Waals surface area contributed by atoms with E-state index < -0.39 is 0 Å². The summed E-state index contributed by atoms with van der Waals surface area (Å²) in [5.74, 6) is 0.100. The summed E-state index contributed by atoms with van der Waals surface area (Å²) in [6.07, 6.45) is 2.82. The van der Waals surface area contributed by atoms with Gasteiger partial charge in [-0.2, -0.15) is 0 Å². The van der Waals surface area contributed by atoms with Gasteiger partial charge in [-0.3, -0.25) is 4.79 Å². The number of aryl methyl sites for hydroxylation is 1. The summed E-state index contributed by atoms with van der Waals surface area (Å²) < 4.78 is 0. The van der Waals surface area contributed by atoms with E-state index in [1.54, 1.807) is 0 Å². The normalized spacial score (nSPS) is 21.1. The number of nitrogens with two attached hydrogens (primary N) is 1. The molecule has 1 aromatic rings. The first-order valence-electron chi connectivity index (χ1n) is 6.76. The molecule has 18 heavy (non-hydrogen) atoms. The summed E-state index contributed by atoms with van der Waals surface area (Å²) in [5, 5.41) is 0. The van der Waals surface area contributed by atoms with E-state index in [2.05, 4.69) is 19.1 Å². The van der Waals surface area contributed by atoms with Crippen molar-refractivity contribution in [3.63, 3.8) is 0 Å². The van der Waals surface area contributed by atoms with Crippen molar-refractivity contribution in [2.45, 2.75) is 45.2 Å². The standard InChI is InChI=1S/C15H22N2O/c1-3-13(16)15(18)17-10-6-9-14(17)12-8-5-4-7-11(12)2/h4-5,7-8,13-14H,3,6,9-10,16H2,1-2H3/t13-,14?/m0/s1. The van der Waals surface area contributed by atoms with E-state index in [1.165, 1.54) is 11.1 Å². The number of likely N-dealkylation sites (tertiary alicyclic amines) is 1. The Labute approximate surface area is 109 Å². The fourth-order valence-corrected chi connectivity index (χ4v) is 2.70. The predicted octanol–water partition coefficient (Wildman–Crippen LogP) is 2.40. The van der Waals surface area contributed by atoms with Gasteiger partial charge in [0.1, 0.15) is 0 Å². The largest absolute Gasteiger partial charge is 0.334 e. The smallest absolute Gasteiger partial charge is 0.239 e. The van der Waals surface area contributed by atoms with Crippen molar-refractivity contribution in [1.82, 2.24) is 4.90 Å². The van der Waals surface area contributed by atoms with E-state index in [1.807, 2.05) is 24.0 Å². The zero-order chi connectivity index (χ0) is 13.1. The Kier molecular flexibility index (Phi) is 4.02. The number of carbonyl (C=O) groups is 1. The highest BCUT2D eigenvalue weighted by atomic mass is 16.2.